The summed E-state index contributed by atoms with van der Waals surface area (Å²) in [6, 6.07) is 84.4. The Bertz CT molecular complexity index is 4150. The van der Waals surface area contributed by atoms with E-state index >= 15 is 0 Å². The van der Waals surface area contributed by atoms with E-state index in [1.807, 2.05) is 42.6 Å². The van der Waals surface area contributed by atoms with Crippen molar-refractivity contribution >= 4 is 65.4 Å². The van der Waals surface area contributed by atoms with Crippen LogP contribution in [0.15, 0.2) is 243 Å². The van der Waals surface area contributed by atoms with Crippen LogP contribution in [0.5, 0.6) is 0 Å². The number of hydrogen-bond acceptors (Lipinski definition) is 3. The molecule has 0 aliphatic carbocycles. The molecule has 0 aliphatic heterocycles. The van der Waals surface area contributed by atoms with Gasteiger partial charge in [0, 0.05) is 55.2 Å². The molecule has 0 amide bonds. The Hall–Kier alpha value is -9.39. The number of pyridine rings is 1. The van der Waals surface area contributed by atoms with Crippen molar-refractivity contribution in [3.63, 3.8) is 0 Å². The second-order valence-corrected chi connectivity index (χ2v) is 17.5. The van der Waals surface area contributed by atoms with Crippen LogP contribution >= 0.6 is 0 Å². The zero-order chi connectivity index (χ0) is 45.4. The second kappa shape index (κ2) is 15.6. The van der Waals surface area contributed by atoms with Crippen molar-refractivity contribution in [2.45, 2.75) is 0 Å². The topological polar surface area (TPSA) is 53.5 Å². The maximum atomic E-state index is 5.54. The third kappa shape index (κ3) is 6.02. The molecular weight excluding hydrogens is 841 g/mol. The average molecular weight is 881 g/mol. The molecule has 0 N–H and O–H groups in total. The molecule has 9 aromatic carbocycles. The van der Waals surface area contributed by atoms with Gasteiger partial charge in [0.15, 0.2) is 5.82 Å². The van der Waals surface area contributed by atoms with E-state index in [1.54, 1.807) is 0 Å². The lowest BCUT2D eigenvalue weighted by atomic mass is 9.93. The molecule has 0 saturated carbocycles. The van der Waals surface area contributed by atoms with E-state index in [4.69, 9.17) is 15.0 Å². The molecule has 0 bridgehead atoms. The summed E-state index contributed by atoms with van der Waals surface area (Å²) in [7, 11) is 0. The van der Waals surface area contributed by atoms with E-state index in [9.17, 15) is 0 Å². The standard InChI is InChI=1S/C63H40N6/c1-2-20-41(21-3-1)63-65-50(49-29-16-17-39-64-49)40-51(66-63)61-47(28-18-36-58(61)67-52-30-10-4-22-42(52)43-23-5-11-31-53(43)67)46-26-8-14-34-56(46)69-57-35-15-9-27-48(57)62-59(37-19-38-60(62)69)68-54-32-12-6-24-44(54)45-25-7-13-33-55(45)68/h1-40H. The number of nitrogens with zero attached hydrogens (tertiary/aromatic N) is 6. The second-order valence-electron chi connectivity index (χ2n) is 17.5. The Morgan fingerprint density at radius 2 is 0.739 bits per heavy atom. The molecule has 6 nitrogen and oxygen atoms in total. The number of para-hydroxylation sites is 6. The van der Waals surface area contributed by atoms with Crippen LogP contribution in [0.3, 0.4) is 0 Å². The van der Waals surface area contributed by atoms with Crippen molar-refractivity contribution in [3.8, 4) is 62.2 Å². The van der Waals surface area contributed by atoms with Crippen LogP contribution in [0.4, 0.5) is 0 Å². The molecule has 14 aromatic rings. The van der Waals surface area contributed by atoms with Gasteiger partial charge in [0.2, 0.25) is 0 Å². The maximum Gasteiger partial charge on any atom is 0.160 e. The molecular formula is C63H40N6. The Balaban J connectivity index is 1.09. The molecule has 5 heterocycles. The van der Waals surface area contributed by atoms with Gasteiger partial charge in [-0.2, -0.15) is 0 Å². The lowest BCUT2D eigenvalue weighted by Crippen LogP contribution is -2.04. The van der Waals surface area contributed by atoms with Crippen LogP contribution < -0.4 is 0 Å². The van der Waals surface area contributed by atoms with Gasteiger partial charge in [0.05, 0.1) is 67.2 Å². The zero-order valence-corrected chi connectivity index (χ0v) is 37.3. The fourth-order valence-corrected chi connectivity index (χ4v) is 10.9. The van der Waals surface area contributed by atoms with E-state index < -0.39 is 0 Å². The SMILES string of the molecule is c1ccc(-c2nc(-c3ccccn3)cc(-c3c(-c4ccccc4-n4c5ccccc5c5c(-n6c7ccccc7c7ccccc76)cccc54)cccc3-n3c4ccccc4c4ccccc43)n2)cc1. The summed E-state index contributed by atoms with van der Waals surface area (Å²) in [6.45, 7) is 0. The zero-order valence-electron chi connectivity index (χ0n) is 37.3. The molecule has 0 unspecified atom stereocenters. The summed E-state index contributed by atoms with van der Waals surface area (Å²) in [5.41, 5.74) is 16.4. The first kappa shape index (κ1) is 38.8. The Morgan fingerprint density at radius 3 is 1.38 bits per heavy atom. The minimum Gasteiger partial charge on any atom is -0.309 e. The summed E-state index contributed by atoms with van der Waals surface area (Å²) < 4.78 is 7.32. The summed E-state index contributed by atoms with van der Waals surface area (Å²) in [4.78, 5) is 15.6. The first-order chi connectivity index (χ1) is 34.3. The Kier molecular flexibility index (Phi) is 8.79. The third-order valence-corrected chi connectivity index (χ3v) is 13.7. The fourth-order valence-electron chi connectivity index (χ4n) is 10.9. The van der Waals surface area contributed by atoms with Crippen molar-refractivity contribution in [2.75, 3.05) is 0 Å². The van der Waals surface area contributed by atoms with Crippen molar-refractivity contribution in [2.24, 2.45) is 0 Å². The third-order valence-electron chi connectivity index (χ3n) is 13.7. The van der Waals surface area contributed by atoms with Gasteiger partial charge >= 0.3 is 0 Å². The van der Waals surface area contributed by atoms with Crippen molar-refractivity contribution in [1.82, 2.24) is 28.7 Å². The molecule has 6 heteroatoms. The molecule has 0 saturated heterocycles. The summed E-state index contributed by atoms with van der Waals surface area (Å²) in [5, 5.41) is 7.23. The minimum absolute atomic E-state index is 0.630. The Labute approximate surface area is 397 Å². The molecule has 14 rings (SSSR count). The van der Waals surface area contributed by atoms with Gasteiger partial charge in [-0.3, -0.25) is 4.98 Å². The lowest BCUT2D eigenvalue weighted by Gasteiger charge is -2.21. The molecule has 0 radical (unpaired) electrons. The van der Waals surface area contributed by atoms with Gasteiger partial charge < -0.3 is 13.7 Å². The predicted molar refractivity (Wildman–Crippen MR) is 285 cm³/mol. The molecule has 322 valence electrons. The van der Waals surface area contributed by atoms with E-state index in [0.29, 0.717) is 5.82 Å². The summed E-state index contributed by atoms with van der Waals surface area (Å²) in [5.74, 6) is 0.630. The monoisotopic (exact) mass is 880 g/mol. The van der Waals surface area contributed by atoms with Gasteiger partial charge in [-0.1, -0.05) is 164 Å². The van der Waals surface area contributed by atoms with Crippen LogP contribution in [0.1, 0.15) is 0 Å². The van der Waals surface area contributed by atoms with E-state index in [1.165, 1.54) is 43.4 Å². The average Bonchev–Trinajstić information content (AvgIpc) is 4.07. The molecule has 0 aliphatic rings. The first-order valence-electron chi connectivity index (χ1n) is 23.4. The van der Waals surface area contributed by atoms with Gasteiger partial charge in [-0.05, 0) is 78.4 Å². The number of aromatic nitrogens is 6. The number of benzene rings is 9. The highest BCUT2D eigenvalue weighted by atomic mass is 15.0. The van der Waals surface area contributed by atoms with Gasteiger partial charge in [-0.25, -0.2) is 9.97 Å². The number of fused-ring (bicyclic) bond motifs is 9. The molecule has 5 aromatic heterocycles. The highest BCUT2D eigenvalue weighted by Gasteiger charge is 2.25. The van der Waals surface area contributed by atoms with Crippen molar-refractivity contribution in [3.05, 3.63) is 243 Å². The highest BCUT2D eigenvalue weighted by molar-refractivity contribution is 6.17. The number of rotatable bonds is 7. The smallest absolute Gasteiger partial charge is 0.160 e. The molecule has 0 atom stereocenters. The maximum absolute atomic E-state index is 5.54. The van der Waals surface area contributed by atoms with Crippen molar-refractivity contribution < 1.29 is 0 Å². The largest absolute Gasteiger partial charge is 0.309 e. The van der Waals surface area contributed by atoms with E-state index in [2.05, 4.69) is 214 Å². The highest BCUT2D eigenvalue weighted by Crippen LogP contribution is 2.46. The van der Waals surface area contributed by atoms with Crippen LogP contribution in [0.25, 0.3) is 128 Å². The van der Waals surface area contributed by atoms with Gasteiger partial charge in [0.1, 0.15) is 0 Å². The molecule has 0 spiro atoms. The molecule has 0 fully saturated rings. The summed E-state index contributed by atoms with van der Waals surface area (Å²) >= 11 is 0. The van der Waals surface area contributed by atoms with Crippen LogP contribution in [-0.4, -0.2) is 28.7 Å². The minimum atomic E-state index is 0.630. The van der Waals surface area contributed by atoms with E-state index in [0.717, 1.165) is 78.5 Å². The van der Waals surface area contributed by atoms with Crippen LogP contribution in [-0.2, 0) is 0 Å². The van der Waals surface area contributed by atoms with Crippen LogP contribution in [0, 0.1) is 0 Å². The van der Waals surface area contributed by atoms with Gasteiger partial charge in [0.25, 0.3) is 0 Å². The molecule has 69 heavy (non-hydrogen) atoms. The normalized spacial score (nSPS) is 11.8. The predicted octanol–water partition coefficient (Wildman–Crippen LogP) is 15.8. The van der Waals surface area contributed by atoms with Gasteiger partial charge in [-0.15, -0.1) is 0 Å². The van der Waals surface area contributed by atoms with E-state index in [-0.39, 0.29) is 0 Å². The number of hydrogen-bond donors (Lipinski definition) is 0. The lowest BCUT2D eigenvalue weighted by molar-refractivity contribution is 1.14. The first-order valence-corrected chi connectivity index (χ1v) is 23.4. The quantitative estimate of drug-likeness (QED) is 0.160. The summed E-state index contributed by atoms with van der Waals surface area (Å²) in [6.07, 6.45) is 1.82. The van der Waals surface area contributed by atoms with Crippen molar-refractivity contribution in [1.29, 1.82) is 0 Å². The Morgan fingerprint density at radius 1 is 0.290 bits per heavy atom. The van der Waals surface area contributed by atoms with Crippen LogP contribution in [0.2, 0.25) is 0 Å². The fraction of sp³-hybridized carbons (Fsp3) is 0.